The lowest BCUT2D eigenvalue weighted by atomic mass is 9.75. The van der Waals surface area contributed by atoms with Gasteiger partial charge in [0, 0.05) is 79.7 Å². The van der Waals surface area contributed by atoms with E-state index in [1.165, 1.54) is 6.20 Å². The van der Waals surface area contributed by atoms with Crippen LogP contribution in [0.2, 0.25) is 0 Å². The van der Waals surface area contributed by atoms with E-state index < -0.39 is 11.6 Å². The second kappa shape index (κ2) is 42.2. The van der Waals surface area contributed by atoms with Crippen LogP contribution in [-0.4, -0.2) is 74.8 Å². The van der Waals surface area contributed by atoms with Gasteiger partial charge in [-0.15, -0.1) is 0 Å². The molecule has 16 rings (SSSR count). The summed E-state index contributed by atoms with van der Waals surface area (Å²) >= 11 is 0. The molecule has 0 radical (unpaired) electrons. The molecule has 5 aliphatic rings. The first-order valence-electron chi connectivity index (χ1n) is 47.7. The molecule has 17 heteroatoms. The Labute approximate surface area is 788 Å². The number of nitrogens with zero attached hydrogens (tertiary/aromatic N) is 3. The van der Waals surface area contributed by atoms with Crippen molar-refractivity contribution in [3.8, 4) is 58.8 Å². The van der Waals surface area contributed by atoms with Crippen molar-refractivity contribution in [2.24, 2.45) is 71.0 Å². The number of carbonyl (C=O) groups is 6. The number of rotatable bonds is 21. The normalized spacial score (nSPS) is 20.7. The highest BCUT2D eigenvalue weighted by atomic mass is 16.6. The quantitative estimate of drug-likeness (QED) is 0.0298. The van der Waals surface area contributed by atoms with E-state index in [9.17, 15) is 19.2 Å². The van der Waals surface area contributed by atoms with Crippen LogP contribution < -0.4 is 21.3 Å². The molecule has 12 unspecified atom stereocenters. The molecule has 680 valence electrons. The Morgan fingerprint density at radius 1 is 0.313 bits per heavy atom. The first-order chi connectivity index (χ1) is 64.7. The number of fused-ring (bicyclic) bond motifs is 2. The lowest BCUT2D eigenvalue weighted by Crippen LogP contribution is -2.35. The van der Waals surface area contributed by atoms with Crippen LogP contribution in [0.15, 0.2) is 225 Å². The lowest BCUT2D eigenvalue weighted by Gasteiger charge is -2.36. The maximum absolute atomic E-state index is 16.9. The van der Waals surface area contributed by atoms with E-state index in [0.29, 0.717) is 166 Å². The van der Waals surface area contributed by atoms with E-state index in [1.807, 2.05) is 146 Å². The van der Waals surface area contributed by atoms with Gasteiger partial charge >= 0.3 is 23.9 Å². The standard InChI is InChI=1S/C117H117N7O10/c1-70(2)94-60-16-74(9)65-100(94)131-114(127)86-44-28-78(29-45-86)20-24-82-36-52-90(53-37-82)120-108-104-98(69-119-112(108)122-92-56-40-84(41-57-92)26-22-80-32-48-88(49-33-80)116(129)133-102-67-76(11)18-62-96(102)72(5)6)110(125)105-106(111(104)126)109(121-91-54-38-83(39-55-91)25-21-79-30-46-87(47-31-79)115(128)132-101-66-75(10)17-61-95(101)71(3)4)113(124-107(105)99-15-13-14-64-118-99)123-93-58-42-85(43-59-93)27-23-81-34-50-89(51-35-81)117(130)134-103-68-77(12)19-63-97(103)73(7)8/h13-15,28-59,64,69-77,94-97,100-103,120-121H,16-19,60-63,65-68H2,1-12H3,(H,119,122)(H,123,124). The fourth-order valence-electron chi connectivity index (χ4n) is 19.6. The number of ether oxygens (including phenoxy) is 4. The molecule has 12 atom stereocenters. The Morgan fingerprint density at radius 2 is 0.590 bits per heavy atom. The number of carbonyl (C=O) groups excluding carboxylic acids is 6. The molecule has 4 N–H and O–H groups in total. The fourth-order valence-corrected chi connectivity index (χ4v) is 19.6. The van der Waals surface area contributed by atoms with Gasteiger partial charge in [0.15, 0.2) is 23.2 Å². The van der Waals surface area contributed by atoms with Crippen LogP contribution in [0.3, 0.4) is 0 Å². The summed E-state index contributed by atoms with van der Waals surface area (Å²) in [6.07, 6.45) is 14.6. The van der Waals surface area contributed by atoms with E-state index in [0.717, 1.165) is 77.0 Å². The molecule has 5 aliphatic carbocycles. The third-order valence-electron chi connectivity index (χ3n) is 27.5. The maximum atomic E-state index is 16.9. The number of pyridine rings is 3. The van der Waals surface area contributed by atoms with Gasteiger partial charge in [-0.05, 0) is 329 Å². The molecule has 4 saturated carbocycles. The zero-order chi connectivity index (χ0) is 93.8. The summed E-state index contributed by atoms with van der Waals surface area (Å²) in [5.41, 5.74) is 10.5. The number of hydrogen-bond donors (Lipinski definition) is 4. The van der Waals surface area contributed by atoms with Gasteiger partial charge in [0.05, 0.1) is 61.6 Å². The Bertz CT molecular complexity index is 6400. The van der Waals surface area contributed by atoms with Gasteiger partial charge in [-0.25, -0.2) is 29.1 Å². The maximum Gasteiger partial charge on any atom is 0.338 e. The van der Waals surface area contributed by atoms with Gasteiger partial charge < -0.3 is 40.2 Å². The third kappa shape index (κ3) is 22.6. The molecule has 8 aromatic carbocycles. The molecule has 0 aliphatic heterocycles. The topological polar surface area (TPSA) is 226 Å². The number of benzene rings is 8. The van der Waals surface area contributed by atoms with Crippen molar-refractivity contribution in [3.05, 3.63) is 314 Å². The van der Waals surface area contributed by atoms with Crippen molar-refractivity contribution in [2.75, 3.05) is 21.3 Å². The molecule has 0 bridgehead atoms. The van der Waals surface area contributed by atoms with Crippen molar-refractivity contribution in [1.82, 2.24) is 15.0 Å². The van der Waals surface area contributed by atoms with Crippen LogP contribution in [-0.2, 0) is 18.9 Å². The Kier molecular flexibility index (Phi) is 29.3. The van der Waals surface area contributed by atoms with Crippen molar-refractivity contribution in [3.63, 3.8) is 0 Å². The predicted octanol–water partition coefficient (Wildman–Crippen LogP) is 25.4. The predicted molar refractivity (Wildman–Crippen MR) is 529 cm³/mol. The molecular weight excluding hydrogens is 1660 g/mol. The van der Waals surface area contributed by atoms with Crippen molar-refractivity contribution in [2.45, 2.75) is 185 Å². The van der Waals surface area contributed by atoms with Gasteiger partial charge in [-0.3, -0.25) is 14.6 Å². The largest absolute Gasteiger partial charge is 0.458 e. The monoisotopic (exact) mass is 1780 g/mol. The Balaban J connectivity index is 0.729. The molecule has 17 nitrogen and oxygen atoms in total. The lowest BCUT2D eigenvalue weighted by molar-refractivity contribution is -0.0181. The van der Waals surface area contributed by atoms with Crippen LogP contribution in [0, 0.1) is 118 Å². The van der Waals surface area contributed by atoms with Crippen molar-refractivity contribution >= 4 is 81.2 Å². The minimum Gasteiger partial charge on any atom is -0.458 e. The number of hydrogen-bond acceptors (Lipinski definition) is 17. The van der Waals surface area contributed by atoms with Crippen LogP contribution in [0.1, 0.15) is 278 Å². The minimum absolute atomic E-state index is 0.00393. The van der Waals surface area contributed by atoms with Gasteiger partial charge in [-0.1, -0.05) is 162 Å². The molecule has 0 spiro atoms. The van der Waals surface area contributed by atoms with Crippen LogP contribution in [0.4, 0.5) is 45.8 Å². The summed E-state index contributed by atoms with van der Waals surface area (Å²) in [4.78, 5) is 103. The molecule has 0 amide bonds. The summed E-state index contributed by atoms with van der Waals surface area (Å²) in [6, 6.07) is 63.7. The molecule has 11 aromatic rings. The second-order valence-electron chi connectivity index (χ2n) is 38.8. The Morgan fingerprint density at radius 3 is 0.873 bits per heavy atom. The zero-order valence-electron chi connectivity index (χ0n) is 78.5. The van der Waals surface area contributed by atoms with E-state index in [4.69, 9.17) is 33.9 Å². The molecule has 4 fully saturated rings. The van der Waals surface area contributed by atoms with Crippen molar-refractivity contribution < 1.29 is 47.7 Å². The third-order valence-corrected chi connectivity index (χ3v) is 27.5. The van der Waals surface area contributed by atoms with E-state index >= 15 is 9.59 Å². The number of ketones is 2. The van der Waals surface area contributed by atoms with E-state index in [1.54, 1.807) is 72.9 Å². The first kappa shape index (κ1) is 93.1. The minimum atomic E-state index is -0.550. The Hall–Kier alpha value is -14.1. The van der Waals surface area contributed by atoms with Crippen LogP contribution >= 0.6 is 0 Å². The number of esters is 4. The zero-order valence-corrected chi connectivity index (χ0v) is 78.5. The molecule has 3 aromatic heterocycles. The fraction of sp³-hybridized carbons (Fsp3) is 0.342. The van der Waals surface area contributed by atoms with Crippen LogP contribution in [0.5, 0.6) is 0 Å². The molecular formula is C117H117N7O10. The van der Waals surface area contributed by atoms with E-state index in [2.05, 4.69) is 152 Å². The van der Waals surface area contributed by atoms with Crippen molar-refractivity contribution in [1.29, 1.82) is 0 Å². The summed E-state index contributed by atoms with van der Waals surface area (Å²) < 4.78 is 24.7. The average Bonchev–Trinajstić information content (AvgIpc) is 0.714. The number of anilines is 8. The van der Waals surface area contributed by atoms with Gasteiger partial charge in [0.2, 0.25) is 0 Å². The highest BCUT2D eigenvalue weighted by Crippen LogP contribution is 2.48. The number of nitrogens with one attached hydrogen (secondary N) is 4. The van der Waals surface area contributed by atoms with Gasteiger partial charge in [0.25, 0.3) is 0 Å². The van der Waals surface area contributed by atoms with E-state index in [-0.39, 0.29) is 99.3 Å². The second-order valence-corrected chi connectivity index (χ2v) is 38.8. The highest BCUT2D eigenvalue weighted by molar-refractivity contribution is 6.34. The molecule has 0 saturated heterocycles. The number of aromatic nitrogens is 3. The highest BCUT2D eigenvalue weighted by Gasteiger charge is 2.43. The van der Waals surface area contributed by atoms with Crippen LogP contribution in [0.25, 0.3) is 11.4 Å². The summed E-state index contributed by atoms with van der Waals surface area (Å²) in [6.45, 7) is 26.5. The molecule has 3 heterocycles. The average molecular weight is 1780 g/mol. The summed E-state index contributed by atoms with van der Waals surface area (Å²) in [7, 11) is 0. The van der Waals surface area contributed by atoms with Gasteiger partial charge in [0.1, 0.15) is 30.1 Å². The summed E-state index contributed by atoms with van der Waals surface area (Å²) in [5, 5.41) is 14.2. The smallest absolute Gasteiger partial charge is 0.338 e. The summed E-state index contributed by atoms with van der Waals surface area (Å²) in [5.74, 6) is 29.0. The SMILES string of the molecule is CC1CCC(C(C)C)C(OC(=O)c2ccc(C#Cc3ccc(Nc4ncc5c(c4Nc4ccc(C#Cc6ccc(C(=O)OC7CC(C)CCC7C(C)C)cc6)cc4)C(=O)c4c(Nc6ccc(C#Cc7ccc(C(=O)OC8CC(C)CCC8C(C)C)cc7)cc6)c(Nc6ccc(C#Cc7ccc(C(=O)OC8CC(C)CCC8C(C)C)cc7)cc6)nc(-c6ccccn6)c4C5=O)cc3)cc2)C1. The van der Waals surface area contributed by atoms with Gasteiger partial charge in [-0.2, -0.15) is 0 Å². The first-order valence-corrected chi connectivity index (χ1v) is 47.7. The molecule has 134 heavy (non-hydrogen) atoms.